The van der Waals surface area contributed by atoms with Gasteiger partial charge in [-0.3, -0.25) is 0 Å². The molecule has 0 amide bonds. The van der Waals surface area contributed by atoms with Gasteiger partial charge in [-0.2, -0.15) is 0 Å². The van der Waals surface area contributed by atoms with E-state index in [0.717, 1.165) is 21.5 Å². The minimum absolute atomic E-state index is 0.538. The van der Waals surface area contributed by atoms with Gasteiger partial charge in [-0.25, -0.2) is 0 Å². The van der Waals surface area contributed by atoms with Crippen molar-refractivity contribution >= 4 is 27.7 Å². The highest BCUT2D eigenvalue weighted by Gasteiger charge is 2.09. The van der Waals surface area contributed by atoms with Gasteiger partial charge in [-0.05, 0) is 37.3 Å². The number of thioether (sulfide) groups is 1. The molecule has 1 N–H and O–H groups in total. The maximum absolute atomic E-state index is 9.76. The highest BCUT2D eigenvalue weighted by atomic mass is 79.9. The maximum atomic E-state index is 9.76. The molecule has 2 rings (SSSR count). The molecule has 2 aromatic carbocycles. The predicted octanol–water partition coefficient (Wildman–Crippen LogP) is 4.67. The second kappa shape index (κ2) is 7.72. The van der Waals surface area contributed by atoms with Crippen LogP contribution in [0.3, 0.4) is 0 Å². The normalized spacial score (nSPS) is 12.2. The summed E-state index contributed by atoms with van der Waals surface area (Å²) in [5.74, 6) is 1.62. The molecule has 20 heavy (non-hydrogen) atoms. The van der Waals surface area contributed by atoms with Crippen molar-refractivity contribution < 1.29 is 9.84 Å². The van der Waals surface area contributed by atoms with E-state index in [0.29, 0.717) is 6.61 Å². The van der Waals surface area contributed by atoms with Crippen LogP contribution in [0.5, 0.6) is 5.75 Å². The van der Waals surface area contributed by atoms with Crippen molar-refractivity contribution in [3.63, 3.8) is 0 Å². The van der Waals surface area contributed by atoms with E-state index in [4.69, 9.17) is 4.74 Å². The molecule has 0 aromatic heterocycles. The van der Waals surface area contributed by atoms with E-state index in [1.165, 1.54) is 4.90 Å². The van der Waals surface area contributed by atoms with Gasteiger partial charge in [0.1, 0.15) is 5.75 Å². The third-order valence-electron chi connectivity index (χ3n) is 2.77. The lowest BCUT2D eigenvalue weighted by atomic mass is 10.1. The number of hydrogen-bond acceptors (Lipinski definition) is 3. The highest BCUT2D eigenvalue weighted by molar-refractivity contribution is 9.10. The Morgan fingerprint density at radius 2 is 1.95 bits per heavy atom. The van der Waals surface area contributed by atoms with Gasteiger partial charge < -0.3 is 9.84 Å². The van der Waals surface area contributed by atoms with Crippen LogP contribution in [0.2, 0.25) is 0 Å². The Labute approximate surface area is 132 Å². The molecule has 2 aromatic rings. The van der Waals surface area contributed by atoms with Crippen molar-refractivity contribution in [1.29, 1.82) is 0 Å². The summed E-state index contributed by atoms with van der Waals surface area (Å²) in [6.45, 7) is 2.36. The molecule has 0 bridgehead atoms. The molecule has 1 atom stereocenters. The number of ether oxygens (including phenoxy) is 1. The largest absolute Gasteiger partial charge is 0.492 e. The number of aliphatic hydroxyl groups is 1. The van der Waals surface area contributed by atoms with E-state index in [9.17, 15) is 5.11 Å². The molecule has 1 unspecified atom stereocenters. The van der Waals surface area contributed by atoms with Gasteiger partial charge in [0.15, 0.2) is 0 Å². The SMILES string of the molecule is CC(O)c1cc(Br)ccc1OCCSc1ccccc1. The minimum Gasteiger partial charge on any atom is -0.492 e. The third-order valence-corrected chi connectivity index (χ3v) is 4.24. The average molecular weight is 353 g/mol. The van der Waals surface area contributed by atoms with E-state index in [-0.39, 0.29) is 0 Å². The number of halogens is 1. The first-order chi connectivity index (χ1) is 9.66. The van der Waals surface area contributed by atoms with E-state index in [1.54, 1.807) is 18.7 Å². The van der Waals surface area contributed by atoms with E-state index in [1.807, 2.05) is 36.4 Å². The molecule has 4 heteroatoms. The lowest BCUT2D eigenvalue weighted by Crippen LogP contribution is -2.04. The van der Waals surface area contributed by atoms with Crippen LogP contribution in [-0.4, -0.2) is 17.5 Å². The molecule has 0 aliphatic heterocycles. The molecule has 106 valence electrons. The smallest absolute Gasteiger partial charge is 0.125 e. The first-order valence-corrected chi connectivity index (χ1v) is 8.23. The number of hydrogen-bond donors (Lipinski definition) is 1. The van der Waals surface area contributed by atoms with Gasteiger partial charge in [0.25, 0.3) is 0 Å². The van der Waals surface area contributed by atoms with Gasteiger partial charge in [0.05, 0.1) is 12.7 Å². The summed E-state index contributed by atoms with van der Waals surface area (Å²) in [7, 11) is 0. The summed E-state index contributed by atoms with van der Waals surface area (Å²) >= 11 is 5.17. The third kappa shape index (κ3) is 4.54. The number of rotatable bonds is 6. The first-order valence-electron chi connectivity index (χ1n) is 6.45. The van der Waals surface area contributed by atoms with Crippen molar-refractivity contribution in [2.24, 2.45) is 0 Å². The molecule has 0 radical (unpaired) electrons. The minimum atomic E-state index is -0.538. The average Bonchev–Trinajstić information content (AvgIpc) is 2.45. The van der Waals surface area contributed by atoms with Gasteiger partial charge in [-0.1, -0.05) is 34.1 Å². The van der Waals surface area contributed by atoms with Crippen molar-refractivity contribution in [3.8, 4) is 5.75 Å². The van der Waals surface area contributed by atoms with Crippen LogP contribution in [0.15, 0.2) is 57.9 Å². The predicted molar refractivity (Wildman–Crippen MR) is 87.4 cm³/mol. The summed E-state index contributed by atoms with van der Waals surface area (Å²) in [6.07, 6.45) is -0.538. The fraction of sp³-hybridized carbons (Fsp3) is 0.250. The van der Waals surface area contributed by atoms with Crippen molar-refractivity contribution in [2.45, 2.75) is 17.9 Å². The van der Waals surface area contributed by atoms with Crippen LogP contribution in [0, 0.1) is 0 Å². The van der Waals surface area contributed by atoms with Gasteiger partial charge in [0.2, 0.25) is 0 Å². The molecule has 0 aliphatic carbocycles. The molecule has 2 nitrogen and oxygen atoms in total. The number of aliphatic hydroxyl groups excluding tert-OH is 1. The van der Waals surface area contributed by atoms with Crippen LogP contribution in [0.1, 0.15) is 18.6 Å². The summed E-state index contributed by atoms with van der Waals surface area (Å²) in [5.41, 5.74) is 0.809. The Balaban J connectivity index is 1.88. The molecule has 0 saturated heterocycles. The molecule has 0 spiro atoms. The Bertz CT molecular complexity index is 543. The highest BCUT2D eigenvalue weighted by Crippen LogP contribution is 2.28. The Morgan fingerprint density at radius 1 is 1.20 bits per heavy atom. The van der Waals surface area contributed by atoms with Crippen LogP contribution >= 0.6 is 27.7 Å². The molecular weight excluding hydrogens is 336 g/mol. The lowest BCUT2D eigenvalue weighted by molar-refractivity contribution is 0.192. The second-order valence-electron chi connectivity index (χ2n) is 4.37. The van der Waals surface area contributed by atoms with Crippen LogP contribution < -0.4 is 4.74 Å². The van der Waals surface area contributed by atoms with Gasteiger partial charge >= 0.3 is 0 Å². The Hall–Kier alpha value is -0.970. The molecule has 0 heterocycles. The summed E-state index contributed by atoms with van der Waals surface area (Å²) in [5, 5.41) is 9.76. The molecular formula is C16H17BrO2S. The summed E-state index contributed by atoms with van der Waals surface area (Å²) in [6, 6.07) is 16.0. The molecule has 0 saturated carbocycles. The second-order valence-corrected chi connectivity index (χ2v) is 6.45. The molecule has 0 aliphatic rings. The lowest BCUT2D eigenvalue weighted by Gasteiger charge is -2.13. The van der Waals surface area contributed by atoms with Crippen molar-refractivity contribution in [2.75, 3.05) is 12.4 Å². The summed E-state index contributed by atoms with van der Waals surface area (Å²) < 4.78 is 6.72. The standard InChI is InChI=1S/C16H17BrO2S/c1-12(18)15-11-13(17)7-8-16(15)19-9-10-20-14-5-3-2-4-6-14/h2-8,11-12,18H,9-10H2,1H3. The van der Waals surface area contributed by atoms with E-state index in [2.05, 4.69) is 28.1 Å². The molecule has 0 fully saturated rings. The fourth-order valence-electron chi connectivity index (χ4n) is 1.81. The quantitative estimate of drug-likeness (QED) is 0.604. The van der Waals surface area contributed by atoms with Crippen molar-refractivity contribution in [1.82, 2.24) is 0 Å². The topological polar surface area (TPSA) is 29.5 Å². The van der Waals surface area contributed by atoms with Gasteiger partial charge in [0, 0.05) is 20.7 Å². The summed E-state index contributed by atoms with van der Waals surface area (Å²) in [4.78, 5) is 1.24. The Kier molecular flexibility index (Phi) is 5.95. The Morgan fingerprint density at radius 3 is 2.65 bits per heavy atom. The van der Waals surface area contributed by atoms with E-state index < -0.39 is 6.10 Å². The first kappa shape index (κ1) is 15.4. The van der Waals surface area contributed by atoms with Crippen molar-refractivity contribution in [3.05, 3.63) is 58.6 Å². The van der Waals surface area contributed by atoms with Crippen LogP contribution in [0.25, 0.3) is 0 Å². The zero-order chi connectivity index (χ0) is 14.4. The zero-order valence-electron chi connectivity index (χ0n) is 11.3. The number of benzene rings is 2. The van der Waals surface area contributed by atoms with E-state index >= 15 is 0 Å². The maximum Gasteiger partial charge on any atom is 0.125 e. The van der Waals surface area contributed by atoms with Crippen LogP contribution in [0.4, 0.5) is 0 Å². The van der Waals surface area contributed by atoms with Gasteiger partial charge in [-0.15, -0.1) is 11.8 Å². The van der Waals surface area contributed by atoms with Crippen LogP contribution in [-0.2, 0) is 0 Å². The zero-order valence-corrected chi connectivity index (χ0v) is 13.7. The fourth-order valence-corrected chi connectivity index (χ4v) is 2.94. The monoisotopic (exact) mass is 352 g/mol.